The number of pyridine rings is 1. The lowest BCUT2D eigenvalue weighted by atomic mass is 10.1. The lowest BCUT2D eigenvalue weighted by Crippen LogP contribution is -2.46. The van der Waals surface area contributed by atoms with Crippen LogP contribution in [-0.4, -0.2) is 22.8 Å². The Morgan fingerprint density at radius 2 is 1.79 bits per heavy atom. The number of aromatic nitrogens is 1. The average Bonchev–Trinajstić information content (AvgIpc) is 2.67. The van der Waals surface area contributed by atoms with E-state index < -0.39 is 29.6 Å². The van der Waals surface area contributed by atoms with Gasteiger partial charge in [-0.25, -0.2) is 0 Å². The zero-order valence-electron chi connectivity index (χ0n) is 15.2. The number of nitrogens with two attached hydrogens (primary N) is 1. The number of halogens is 3. The number of alkyl halides is 3. The number of amides is 2. The molecule has 0 bridgehead atoms. The van der Waals surface area contributed by atoms with Crippen LogP contribution in [0.25, 0.3) is 10.9 Å². The number of fused-ring (bicyclic) bond motifs is 1. The molecule has 0 unspecified atom stereocenters. The Labute approximate surface area is 164 Å². The second-order valence-electron chi connectivity index (χ2n) is 6.60. The topological polar surface area (TPSA) is 85.1 Å². The molecular weight excluding hydrogens is 383 g/mol. The number of primary amides is 1. The molecule has 150 valence electrons. The number of nitrogens with one attached hydrogen (secondary N) is 1. The summed E-state index contributed by atoms with van der Waals surface area (Å²) < 4.78 is 38.4. The summed E-state index contributed by atoms with van der Waals surface area (Å²) in [5.74, 6) is -1.36. The van der Waals surface area contributed by atoms with Gasteiger partial charge in [0.05, 0.1) is 17.5 Å². The van der Waals surface area contributed by atoms with Gasteiger partial charge >= 0.3 is 6.18 Å². The molecule has 0 saturated carbocycles. The summed E-state index contributed by atoms with van der Waals surface area (Å²) in [5, 5.41) is 3.42. The molecule has 0 aliphatic heterocycles. The summed E-state index contributed by atoms with van der Waals surface area (Å²) in [5.41, 5.74) is 6.04. The minimum atomic E-state index is -4.50. The number of para-hydroxylation sites is 1. The van der Waals surface area contributed by atoms with Gasteiger partial charge in [0.1, 0.15) is 6.04 Å². The summed E-state index contributed by atoms with van der Waals surface area (Å²) in [6, 6.07) is 14.5. The highest BCUT2D eigenvalue weighted by Gasteiger charge is 2.30. The first kappa shape index (κ1) is 20.3. The first-order valence-electron chi connectivity index (χ1n) is 8.82. The van der Waals surface area contributed by atoms with Crippen molar-refractivity contribution >= 4 is 22.7 Å². The highest BCUT2D eigenvalue weighted by Crippen LogP contribution is 2.29. The number of hydrogen-bond donors (Lipinski definition) is 2. The molecule has 1 heterocycles. The Balaban J connectivity index is 1.70. The van der Waals surface area contributed by atoms with Crippen molar-refractivity contribution in [1.82, 2.24) is 10.3 Å². The van der Waals surface area contributed by atoms with Crippen LogP contribution in [0.15, 0.2) is 60.7 Å². The smallest absolute Gasteiger partial charge is 0.368 e. The average molecular weight is 401 g/mol. The maximum atomic E-state index is 12.8. The van der Waals surface area contributed by atoms with Crippen LogP contribution < -0.4 is 11.1 Å². The molecule has 2 amide bonds. The third kappa shape index (κ3) is 5.31. The van der Waals surface area contributed by atoms with Gasteiger partial charge in [0.2, 0.25) is 11.8 Å². The van der Waals surface area contributed by atoms with E-state index in [9.17, 15) is 22.8 Å². The molecule has 1 atom stereocenters. The summed E-state index contributed by atoms with van der Waals surface area (Å²) in [4.78, 5) is 28.5. The highest BCUT2D eigenvalue weighted by atomic mass is 19.4. The van der Waals surface area contributed by atoms with Gasteiger partial charge in [0.15, 0.2) is 0 Å². The van der Waals surface area contributed by atoms with E-state index in [1.165, 1.54) is 12.1 Å². The van der Waals surface area contributed by atoms with Crippen LogP contribution in [0, 0.1) is 0 Å². The van der Waals surface area contributed by atoms with E-state index in [4.69, 9.17) is 5.73 Å². The first-order chi connectivity index (χ1) is 13.7. The molecule has 0 aliphatic carbocycles. The number of carbonyl (C=O) groups excluding carboxylic acids is 2. The molecule has 0 radical (unpaired) electrons. The van der Waals surface area contributed by atoms with Crippen LogP contribution in [0.4, 0.5) is 13.2 Å². The van der Waals surface area contributed by atoms with E-state index in [0.717, 1.165) is 23.0 Å². The Bertz CT molecular complexity index is 1050. The van der Waals surface area contributed by atoms with Gasteiger partial charge in [0, 0.05) is 17.5 Å². The van der Waals surface area contributed by atoms with Crippen molar-refractivity contribution in [2.45, 2.75) is 25.1 Å². The predicted molar refractivity (Wildman–Crippen MR) is 102 cm³/mol. The molecule has 5 nitrogen and oxygen atoms in total. The van der Waals surface area contributed by atoms with Gasteiger partial charge in [-0.05, 0) is 23.8 Å². The van der Waals surface area contributed by atoms with Gasteiger partial charge in [-0.15, -0.1) is 0 Å². The van der Waals surface area contributed by atoms with Crippen LogP contribution in [0.3, 0.4) is 0 Å². The summed E-state index contributed by atoms with van der Waals surface area (Å²) in [6.45, 7) is 0. The number of benzene rings is 2. The summed E-state index contributed by atoms with van der Waals surface area (Å²) in [6.07, 6.45) is -4.72. The summed E-state index contributed by atoms with van der Waals surface area (Å²) >= 11 is 0. The zero-order valence-corrected chi connectivity index (χ0v) is 15.2. The predicted octanol–water partition coefficient (Wildman–Crippen LogP) is 3.01. The molecule has 2 aromatic carbocycles. The van der Waals surface area contributed by atoms with Crippen molar-refractivity contribution in [3.8, 4) is 0 Å². The van der Waals surface area contributed by atoms with E-state index in [1.54, 1.807) is 6.07 Å². The first-order valence-corrected chi connectivity index (χ1v) is 8.82. The maximum absolute atomic E-state index is 12.8. The lowest BCUT2D eigenvalue weighted by Gasteiger charge is -2.16. The van der Waals surface area contributed by atoms with Crippen LogP contribution in [-0.2, 0) is 28.6 Å². The SMILES string of the molecule is NC(=O)[C@H](Cc1ccc2ccccc2n1)NC(=O)Cc1cccc(C(F)(F)F)c1. The summed E-state index contributed by atoms with van der Waals surface area (Å²) in [7, 11) is 0. The third-order valence-corrected chi connectivity index (χ3v) is 4.37. The number of carbonyl (C=O) groups is 2. The molecule has 3 aromatic rings. The van der Waals surface area contributed by atoms with E-state index in [-0.39, 0.29) is 18.4 Å². The van der Waals surface area contributed by atoms with Gasteiger partial charge in [-0.2, -0.15) is 13.2 Å². The quantitative estimate of drug-likeness (QED) is 0.666. The second-order valence-corrected chi connectivity index (χ2v) is 6.60. The van der Waals surface area contributed by atoms with E-state index >= 15 is 0 Å². The van der Waals surface area contributed by atoms with Crippen molar-refractivity contribution in [1.29, 1.82) is 0 Å². The minimum Gasteiger partial charge on any atom is -0.368 e. The maximum Gasteiger partial charge on any atom is 0.416 e. The Morgan fingerprint density at radius 1 is 1.03 bits per heavy atom. The van der Waals surface area contributed by atoms with Crippen LogP contribution >= 0.6 is 0 Å². The monoisotopic (exact) mass is 401 g/mol. The minimum absolute atomic E-state index is 0.0779. The van der Waals surface area contributed by atoms with Crippen molar-refractivity contribution in [2.75, 3.05) is 0 Å². The van der Waals surface area contributed by atoms with E-state index in [0.29, 0.717) is 5.69 Å². The number of hydrogen-bond acceptors (Lipinski definition) is 3. The van der Waals surface area contributed by atoms with E-state index in [2.05, 4.69) is 10.3 Å². The van der Waals surface area contributed by atoms with Crippen molar-refractivity contribution < 1.29 is 22.8 Å². The van der Waals surface area contributed by atoms with E-state index in [1.807, 2.05) is 30.3 Å². The molecule has 0 spiro atoms. The fraction of sp³-hybridized carbons (Fsp3) is 0.190. The molecule has 29 heavy (non-hydrogen) atoms. The molecule has 8 heteroatoms. The Morgan fingerprint density at radius 3 is 2.52 bits per heavy atom. The van der Waals surface area contributed by atoms with Crippen molar-refractivity contribution in [3.05, 3.63) is 77.5 Å². The molecule has 0 aliphatic rings. The van der Waals surface area contributed by atoms with Crippen molar-refractivity contribution in [2.24, 2.45) is 5.73 Å². The van der Waals surface area contributed by atoms with Gasteiger partial charge in [-0.3, -0.25) is 14.6 Å². The van der Waals surface area contributed by atoms with Crippen LogP contribution in [0.5, 0.6) is 0 Å². The standard InChI is InChI=1S/C21H18F3N3O2/c22-21(23,24)15-6-3-4-13(10-15)11-19(28)27-18(20(25)29)12-16-9-8-14-5-1-2-7-17(14)26-16/h1-10,18H,11-12H2,(H2,25,29)(H,27,28)/t18-/m0/s1. The normalized spacial score (nSPS) is 12.5. The Kier molecular flexibility index (Phi) is 5.81. The number of rotatable bonds is 6. The number of nitrogens with zero attached hydrogens (tertiary/aromatic N) is 1. The second kappa shape index (κ2) is 8.30. The lowest BCUT2D eigenvalue weighted by molar-refractivity contribution is -0.137. The molecule has 1 aromatic heterocycles. The molecule has 3 N–H and O–H groups in total. The highest BCUT2D eigenvalue weighted by molar-refractivity contribution is 5.87. The zero-order chi connectivity index (χ0) is 21.0. The van der Waals surface area contributed by atoms with Gasteiger partial charge < -0.3 is 11.1 Å². The van der Waals surface area contributed by atoms with Gasteiger partial charge in [-0.1, -0.05) is 42.5 Å². The van der Waals surface area contributed by atoms with Crippen molar-refractivity contribution in [3.63, 3.8) is 0 Å². The third-order valence-electron chi connectivity index (χ3n) is 4.37. The molecular formula is C21H18F3N3O2. The largest absolute Gasteiger partial charge is 0.416 e. The van der Waals surface area contributed by atoms with Gasteiger partial charge in [0.25, 0.3) is 0 Å². The fourth-order valence-electron chi connectivity index (χ4n) is 2.94. The van der Waals surface area contributed by atoms with Crippen LogP contribution in [0.1, 0.15) is 16.8 Å². The molecule has 0 saturated heterocycles. The fourth-order valence-corrected chi connectivity index (χ4v) is 2.94. The molecule has 3 rings (SSSR count). The Hall–Kier alpha value is -3.42. The molecule has 0 fully saturated rings. The van der Waals surface area contributed by atoms with Crippen LogP contribution in [0.2, 0.25) is 0 Å².